The Morgan fingerprint density at radius 3 is 2.45 bits per heavy atom. The lowest BCUT2D eigenvalue weighted by molar-refractivity contribution is 0.0474. The summed E-state index contributed by atoms with van der Waals surface area (Å²) in [5.41, 5.74) is 1.70. The van der Waals surface area contributed by atoms with Gasteiger partial charge < -0.3 is 9.47 Å². The van der Waals surface area contributed by atoms with E-state index in [0.29, 0.717) is 22.8 Å². The van der Waals surface area contributed by atoms with Crippen LogP contribution in [0.5, 0.6) is 0 Å². The van der Waals surface area contributed by atoms with Gasteiger partial charge in [-0.1, -0.05) is 23.7 Å². The van der Waals surface area contributed by atoms with Crippen molar-refractivity contribution < 1.29 is 19.1 Å². The van der Waals surface area contributed by atoms with Crippen LogP contribution in [0, 0.1) is 0 Å². The molecule has 0 aliphatic heterocycles. The van der Waals surface area contributed by atoms with Gasteiger partial charge in [-0.25, -0.2) is 4.79 Å². The van der Waals surface area contributed by atoms with Crippen LogP contribution in [-0.2, 0) is 16.1 Å². The number of benzene rings is 2. The molecular formula is C17H15ClO4. The van der Waals surface area contributed by atoms with Gasteiger partial charge in [0, 0.05) is 17.7 Å². The topological polar surface area (TPSA) is 52.6 Å². The largest absolute Gasteiger partial charge is 0.454 e. The predicted molar refractivity (Wildman–Crippen MR) is 83.2 cm³/mol. The summed E-state index contributed by atoms with van der Waals surface area (Å²) >= 11 is 5.76. The van der Waals surface area contributed by atoms with Crippen molar-refractivity contribution in [2.24, 2.45) is 0 Å². The third-order valence-electron chi connectivity index (χ3n) is 2.97. The minimum Gasteiger partial charge on any atom is -0.454 e. The van der Waals surface area contributed by atoms with Crippen LogP contribution < -0.4 is 0 Å². The standard InChI is InChI=1S/C17H15ClO4/c1-21-10-12-3-2-4-14(9-12)17(20)22-11-16(19)13-5-7-15(18)8-6-13/h2-9H,10-11H2,1H3. The molecule has 0 unspecified atom stereocenters. The van der Waals surface area contributed by atoms with E-state index in [4.69, 9.17) is 21.1 Å². The summed E-state index contributed by atoms with van der Waals surface area (Å²) in [6.45, 7) is 0.0970. The molecule has 22 heavy (non-hydrogen) atoms. The molecule has 0 aromatic heterocycles. The van der Waals surface area contributed by atoms with Crippen LogP contribution in [-0.4, -0.2) is 25.5 Å². The van der Waals surface area contributed by atoms with Crippen LogP contribution in [0.2, 0.25) is 5.02 Å². The van der Waals surface area contributed by atoms with E-state index in [-0.39, 0.29) is 12.4 Å². The molecule has 5 heteroatoms. The van der Waals surface area contributed by atoms with E-state index in [0.717, 1.165) is 5.56 Å². The number of ether oxygens (including phenoxy) is 2. The van der Waals surface area contributed by atoms with Gasteiger partial charge in [0.2, 0.25) is 0 Å². The van der Waals surface area contributed by atoms with Crippen molar-refractivity contribution in [1.82, 2.24) is 0 Å². The van der Waals surface area contributed by atoms with Gasteiger partial charge in [-0.05, 0) is 42.0 Å². The number of carbonyl (C=O) groups excluding carboxylic acids is 2. The van der Waals surface area contributed by atoms with E-state index in [2.05, 4.69) is 0 Å². The molecule has 0 bridgehead atoms. The number of carbonyl (C=O) groups is 2. The van der Waals surface area contributed by atoms with Gasteiger partial charge in [-0.2, -0.15) is 0 Å². The molecule has 0 atom stereocenters. The molecule has 0 saturated heterocycles. The van der Waals surface area contributed by atoms with Crippen molar-refractivity contribution in [2.45, 2.75) is 6.61 Å². The summed E-state index contributed by atoms with van der Waals surface area (Å²) < 4.78 is 10.1. The lowest BCUT2D eigenvalue weighted by Crippen LogP contribution is -2.14. The Morgan fingerprint density at radius 2 is 1.77 bits per heavy atom. The fraction of sp³-hybridized carbons (Fsp3) is 0.176. The van der Waals surface area contributed by atoms with Gasteiger partial charge in [-0.15, -0.1) is 0 Å². The molecule has 4 nitrogen and oxygen atoms in total. The van der Waals surface area contributed by atoms with Gasteiger partial charge in [0.25, 0.3) is 0 Å². The molecule has 2 rings (SSSR count). The van der Waals surface area contributed by atoms with Crippen molar-refractivity contribution >= 4 is 23.4 Å². The second kappa shape index (κ2) is 7.73. The molecule has 114 valence electrons. The minimum absolute atomic E-state index is 0.280. The number of hydrogen-bond acceptors (Lipinski definition) is 4. The maximum atomic E-state index is 12.0. The van der Waals surface area contributed by atoms with Crippen LogP contribution in [0.1, 0.15) is 26.3 Å². The lowest BCUT2D eigenvalue weighted by Gasteiger charge is -2.06. The third kappa shape index (κ3) is 4.41. The maximum absolute atomic E-state index is 12.0. The number of methoxy groups -OCH3 is 1. The van der Waals surface area contributed by atoms with E-state index < -0.39 is 5.97 Å². The Morgan fingerprint density at radius 1 is 1.05 bits per heavy atom. The van der Waals surface area contributed by atoms with Crippen LogP contribution in [0.4, 0.5) is 0 Å². The summed E-state index contributed by atoms with van der Waals surface area (Å²) in [4.78, 5) is 23.9. The fourth-order valence-corrected chi connectivity index (χ4v) is 2.01. The van der Waals surface area contributed by atoms with Crippen LogP contribution >= 0.6 is 11.6 Å². The number of rotatable bonds is 6. The van der Waals surface area contributed by atoms with Crippen molar-refractivity contribution in [1.29, 1.82) is 0 Å². The predicted octanol–water partition coefficient (Wildman–Crippen LogP) is 3.53. The zero-order valence-corrected chi connectivity index (χ0v) is 12.8. The summed E-state index contributed by atoms with van der Waals surface area (Å²) in [5.74, 6) is -0.821. The Kier molecular flexibility index (Phi) is 5.69. The molecule has 2 aromatic carbocycles. The summed E-state index contributed by atoms with van der Waals surface area (Å²) in [5, 5.41) is 0.545. The summed E-state index contributed by atoms with van der Waals surface area (Å²) in [7, 11) is 1.58. The van der Waals surface area contributed by atoms with Gasteiger partial charge in [0.15, 0.2) is 12.4 Å². The first kappa shape index (κ1) is 16.2. The first-order valence-corrected chi connectivity index (χ1v) is 7.01. The molecule has 0 aliphatic rings. The monoisotopic (exact) mass is 318 g/mol. The molecular weight excluding hydrogens is 304 g/mol. The van der Waals surface area contributed by atoms with Crippen molar-refractivity contribution in [2.75, 3.05) is 13.7 Å². The van der Waals surface area contributed by atoms with Crippen LogP contribution in [0.3, 0.4) is 0 Å². The van der Waals surface area contributed by atoms with Crippen molar-refractivity contribution in [3.05, 3.63) is 70.2 Å². The molecule has 0 spiro atoms. The number of ketones is 1. The number of esters is 1. The quantitative estimate of drug-likeness (QED) is 0.604. The van der Waals surface area contributed by atoms with Crippen molar-refractivity contribution in [3.63, 3.8) is 0 Å². The van der Waals surface area contributed by atoms with Gasteiger partial charge in [-0.3, -0.25) is 4.79 Å². The molecule has 0 radical (unpaired) electrons. The van der Waals surface area contributed by atoms with Crippen molar-refractivity contribution in [3.8, 4) is 0 Å². The van der Waals surface area contributed by atoms with Gasteiger partial charge in [0.05, 0.1) is 12.2 Å². The highest BCUT2D eigenvalue weighted by Crippen LogP contribution is 2.11. The summed E-state index contributed by atoms with van der Waals surface area (Å²) in [6.07, 6.45) is 0. The van der Waals surface area contributed by atoms with E-state index in [1.54, 1.807) is 49.6 Å². The second-order valence-electron chi connectivity index (χ2n) is 4.64. The van der Waals surface area contributed by atoms with Crippen LogP contribution in [0.15, 0.2) is 48.5 Å². The SMILES string of the molecule is COCc1cccc(C(=O)OCC(=O)c2ccc(Cl)cc2)c1. The minimum atomic E-state index is -0.541. The normalized spacial score (nSPS) is 10.3. The van der Waals surface area contributed by atoms with Gasteiger partial charge in [0.1, 0.15) is 0 Å². The summed E-state index contributed by atoms with van der Waals surface area (Å²) in [6, 6.07) is 13.3. The molecule has 0 heterocycles. The number of hydrogen-bond donors (Lipinski definition) is 0. The Hall–Kier alpha value is -2.17. The molecule has 0 aliphatic carbocycles. The van der Waals surface area contributed by atoms with Gasteiger partial charge >= 0.3 is 5.97 Å². The maximum Gasteiger partial charge on any atom is 0.338 e. The first-order chi connectivity index (χ1) is 10.6. The molecule has 0 fully saturated rings. The third-order valence-corrected chi connectivity index (χ3v) is 3.23. The van der Waals surface area contributed by atoms with E-state index in [1.807, 2.05) is 6.07 Å². The Bertz CT molecular complexity index is 665. The highest BCUT2D eigenvalue weighted by Gasteiger charge is 2.12. The average molecular weight is 319 g/mol. The molecule has 0 N–H and O–H groups in total. The molecule has 0 saturated carbocycles. The Labute approximate surface area is 133 Å². The zero-order chi connectivity index (χ0) is 15.9. The second-order valence-corrected chi connectivity index (χ2v) is 5.08. The lowest BCUT2D eigenvalue weighted by atomic mass is 10.1. The average Bonchev–Trinajstić information content (AvgIpc) is 2.53. The number of halogens is 1. The van der Waals surface area contributed by atoms with E-state index in [9.17, 15) is 9.59 Å². The Balaban J connectivity index is 1.96. The van der Waals surface area contributed by atoms with Crippen LogP contribution in [0.25, 0.3) is 0 Å². The van der Waals surface area contributed by atoms with E-state index in [1.165, 1.54) is 0 Å². The highest BCUT2D eigenvalue weighted by molar-refractivity contribution is 6.30. The number of Topliss-reactive ketones (excluding diaryl/α,β-unsaturated/α-hetero) is 1. The molecule has 0 amide bonds. The highest BCUT2D eigenvalue weighted by atomic mass is 35.5. The fourth-order valence-electron chi connectivity index (χ4n) is 1.89. The molecule has 2 aromatic rings. The first-order valence-electron chi connectivity index (χ1n) is 6.64. The zero-order valence-electron chi connectivity index (χ0n) is 12.0. The van der Waals surface area contributed by atoms with E-state index >= 15 is 0 Å². The smallest absolute Gasteiger partial charge is 0.338 e.